The van der Waals surface area contributed by atoms with Gasteiger partial charge in [0.05, 0.1) is 0 Å². The first-order valence-electron chi connectivity index (χ1n) is 8.21. The lowest BCUT2D eigenvalue weighted by Gasteiger charge is -2.12. The summed E-state index contributed by atoms with van der Waals surface area (Å²) in [6.07, 6.45) is -1.70. The summed E-state index contributed by atoms with van der Waals surface area (Å²) >= 11 is 0. The van der Waals surface area contributed by atoms with Crippen LogP contribution in [0.2, 0.25) is 0 Å². The van der Waals surface area contributed by atoms with Crippen LogP contribution in [0.3, 0.4) is 0 Å². The molecule has 1 N–H and O–H groups in total. The highest BCUT2D eigenvalue weighted by Gasteiger charge is 2.33. The molecular weight excluding hydrogens is 355 g/mol. The molecule has 0 aliphatic carbocycles. The fourth-order valence-electron chi connectivity index (χ4n) is 2.55. The Hall–Kier alpha value is -3.21. The van der Waals surface area contributed by atoms with Crippen molar-refractivity contribution in [3.8, 4) is 17.3 Å². The Morgan fingerprint density at radius 1 is 1.37 bits per heavy atom. The number of halogens is 3. The minimum Gasteiger partial charge on any atom is -0.248 e. The zero-order valence-corrected chi connectivity index (χ0v) is 14.9. The molecule has 0 bridgehead atoms. The molecular formula is C19H18F3N5. The highest BCUT2D eigenvalue weighted by Crippen LogP contribution is 2.29. The Balaban J connectivity index is 2.62. The van der Waals surface area contributed by atoms with Gasteiger partial charge in [-0.15, -0.1) is 5.10 Å². The molecule has 1 aromatic carbocycles. The number of benzene rings is 1. The maximum Gasteiger partial charge on any atom is 0.433 e. The molecule has 27 heavy (non-hydrogen) atoms. The van der Waals surface area contributed by atoms with Crippen molar-refractivity contribution in [3.05, 3.63) is 59.4 Å². The van der Waals surface area contributed by atoms with Gasteiger partial charge in [0.1, 0.15) is 17.5 Å². The summed E-state index contributed by atoms with van der Waals surface area (Å²) in [5.74, 6) is 0. The summed E-state index contributed by atoms with van der Waals surface area (Å²) in [5.41, 5.74) is 1.75. The normalized spacial score (nSPS) is 12.7. The third-order valence-electron chi connectivity index (χ3n) is 3.65. The number of aliphatic imine (C=N–C) groups is 1. The van der Waals surface area contributed by atoms with Gasteiger partial charge in [0, 0.05) is 11.3 Å². The molecule has 1 aromatic heterocycles. The number of nitriles is 1. The van der Waals surface area contributed by atoms with Crippen molar-refractivity contribution in [2.24, 2.45) is 4.99 Å². The molecule has 0 aliphatic rings. The highest BCUT2D eigenvalue weighted by atomic mass is 19.4. The number of hydrogen-bond donors (Lipinski definition) is 1. The van der Waals surface area contributed by atoms with E-state index >= 15 is 0 Å². The van der Waals surface area contributed by atoms with E-state index in [2.05, 4.69) is 27.0 Å². The van der Waals surface area contributed by atoms with E-state index < -0.39 is 11.9 Å². The highest BCUT2D eigenvalue weighted by molar-refractivity contribution is 6.02. The zero-order chi connectivity index (χ0) is 20.0. The molecule has 0 saturated heterocycles. The van der Waals surface area contributed by atoms with Crippen LogP contribution in [-0.4, -0.2) is 27.3 Å². The van der Waals surface area contributed by atoms with E-state index in [1.54, 1.807) is 18.2 Å². The van der Waals surface area contributed by atoms with Gasteiger partial charge < -0.3 is 0 Å². The second-order valence-corrected chi connectivity index (χ2v) is 5.83. The number of rotatable bonds is 6. The molecule has 8 heteroatoms. The van der Waals surface area contributed by atoms with Gasteiger partial charge in [-0.3, -0.25) is 0 Å². The van der Waals surface area contributed by atoms with Crippen molar-refractivity contribution in [1.82, 2.24) is 15.4 Å². The molecule has 5 nitrogen and oxygen atoms in total. The summed E-state index contributed by atoms with van der Waals surface area (Å²) in [4.78, 5) is 3.88. The maximum absolute atomic E-state index is 13.2. The van der Waals surface area contributed by atoms with Gasteiger partial charge >= 0.3 is 6.18 Å². The van der Waals surface area contributed by atoms with Crippen molar-refractivity contribution >= 4 is 5.71 Å². The molecule has 0 radical (unpaired) electrons. The molecule has 1 heterocycles. The molecule has 0 aliphatic heterocycles. The summed E-state index contributed by atoms with van der Waals surface area (Å²) in [6.45, 7) is 7.00. The molecule has 2 rings (SSSR count). The second kappa shape index (κ2) is 8.45. The fraction of sp³-hybridized carbons (Fsp3) is 0.263. The van der Waals surface area contributed by atoms with Crippen LogP contribution in [0.4, 0.5) is 13.2 Å². The number of H-pyrrole nitrogens is 1. The van der Waals surface area contributed by atoms with E-state index in [1.165, 1.54) is 0 Å². The number of aryl methyl sites for hydroxylation is 1. The zero-order valence-electron chi connectivity index (χ0n) is 14.9. The third-order valence-corrected chi connectivity index (χ3v) is 3.65. The number of aromatic nitrogens is 3. The molecule has 0 saturated carbocycles. The van der Waals surface area contributed by atoms with Crippen LogP contribution in [0.25, 0.3) is 11.3 Å². The Morgan fingerprint density at radius 3 is 2.70 bits per heavy atom. The lowest BCUT2D eigenvalue weighted by Crippen LogP contribution is -2.13. The van der Waals surface area contributed by atoms with Crippen molar-refractivity contribution < 1.29 is 13.2 Å². The van der Waals surface area contributed by atoms with E-state index in [0.29, 0.717) is 35.4 Å². The van der Waals surface area contributed by atoms with Crippen molar-refractivity contribution in [3.63, 3.8) is 0 Å². The monoisotopic (exact) mass is 373 g/mol. The van der Waals surface area contributed by atoms with E-state index in [0.717, 1.165) is 17.7 Å². The van der Waals surface area contributed by atoms with E-state index in [9.17, 15) is 13.2 Å². The Kier molecular flexibility index (Phi) is 6.29. The Labute approximate surface area is 154 Å². The smallest absolute Gasteiger partial charge is 0.248 e. The van der Waals surface area contributed by atoms with E-state index in [4.69, 9.17) is 5.26 Å². The van der Waals surface area contributed by atoms with Gasteiger partial charge in [0.25, 0.3) is 0 Å². The minimum atomic E-state index is -4.58. The first kappa shape index (κ1) is 20.1. The Bertz CT molecular complexity index is 930. The number of hydrogen-bond acceptors (Lipinski definition) is 4. The first-order valence-corrected chi connectivity index (χ1v) is 8.21. The van der Waals surface area contributed by atoms with Gasteiger partial charge in [-0.05, 0) is 42.7 Å². The van der Waals surface area contributed by atoms with Crippen LogP contribution < -0.4 is 0 Å². The molecule has 140 valence electrons. The standard InChI is InChI=1S/C19H18F3N5/c1-4-6-15(24-17(7-5-2)19(20,21)22)13-8-12(3)9-14(10-13)18-16(11-23)25-27-26-18/h5,7-10H,2,4,6H2,1,3H3,(H,25,26,27)/b17-7-,24-15+. The van der Waals surface area contributed by atoms with Gasteiger partial charge in [0.15, 0.2) is 5.69 Å². The minimum absolute atomic E-state index is 0.183. The molecule has 0 fully saturated rings. The largest absolute Gasteiger partial charge is 0.433 e. The average Bonchev–Trinajstić information content (AvgIpc) is 3.08. The number of nitrogens with zero attached hydrogens (tertiary/aromatic N) is 4. The summed E-state index contributed by atoms with van der Waals surface area (Å²) in [6, 6.07) is 7.17. The van der Waals surface area contributed by atoms with Crippen LogP contribution in [0, 0.1) is 18.3 Å². The van der Waals surface area contributed by atoms with Gasteiger partial charge in [0.2, 0.25) is 0 Å². The van der Waals surface area contributed by atoms with Crippen molar-refractivity contribution in [2.75, 3.05) is 0 Å². The summed E-state index contributed by atoms with van der Waals surface area (Å²) in [7, 11) is 0. The quantitative estimate of drug-likeness (QED) is 0.579. The fourth-order valence-corrected chi connectivity index (χ4v) is 2.55. The van der Waals surface area contributed by atoms with Crippen LogP contribution in [0.15, 0.2) is 47.6 Å². The summed E-state index contributed by atoms with van der Waals surface area (Å²) < 4.78 is 39.7. The maximum atomic E-state index is 13.2. The predicted molar refractivity (Wildman–Crippen MR) is 97.1 cm³/mol. The predicted octanol–water partition coefficient (Wildman–Crippen LogP) is 4.87. The SMILES string of the molecule is C=C/C=C(\N=C(/CCC)c1cc(C)cc(-c2nn[nH]c2C#N)c1)C(F)(F)F. The van der Waals surface area contributed by atoms with Gasteiger partial charge in [-0.25, -0.2) is 10.1 Å². The van der Waals surface area contributed by atoms with E-state index in [-0.39, 0.29) is 5.69 Å². The van der Waals surface area contributed by atoms with Crippen molar-refractivity contribution in [1.29, 1.82) is 5.26 Å². The van der Waals surface area contributed by atoms with Gasteiger partial charge in [-0.1, -0.05) is 37.3 Å². The lowest BCUT2D eigenvalue weighted by molar-refractivity contribution is -0.0923. The number of aromatic amines is 1. The number of alkyl halides is 3. The number of allylic oxidation sites excluding steroid dienone is 3. The molecule has 0 atom stereocenters. The van der Waals surface area contributed by atoms with Crippen LogP contribution in [0.5, 0.6) is 0 Å². The van der Waals surface area contributed by atoms with Gasteiger partial charge in [-0.2, -0.15) is 18.4 Å². The molecule has 0 unspecified atom stereocenters. The number of nitrogens with one attached hydrogen (secondary N) is 1. The average molecular weight is 373 g/mol. The third kappa shape index (κ3) is 4.91. The van der Waals surface area contributed by atoms with Crippen LogP contribution in [-0.2, 0) is 0 Å². The molecule has 0 spiro atoms. The second-order valence-electron chi connectivity index (χ2n) is 5.83. The van der Waals surface area contributed by atoms with Crippen LogP contribution in [0.1, 0.15) is 36.6 Å². The van der Waals surface area contributed by atoms with Crippen LogP contribution >= 0.6 is 0 Å². The lowest BCUT2D eigenvalue weighted by atomic mass is 9.98. The summed E-state index contributed by atoms with van der Waals surface area (Å²) in [5, 5.41) is 19.2. The van der Waals surface area contributed by atoms with E-state index in [1.807, 2.05) is 19.9 Å². The molecule has 0 amide bonds. The first-order chi connectivity index (χ1) is 12.8. The van der Waals surface area contributed by atoms with Crippen molar-refractivity contribution in [2.45, 2.75) is 32.9 Å². The topological polar surface area (TPSA) is 77.7 Å². The molecule has 2 aromatic rings. The Morgan fingerprint density at radius 2 is 2.11 bits per heavy atom.